The molecule has 1 spiro atoms. The van der Waals surface area contributed by atoms with E-state index in [0.29, 0.717) is 44.3 Å². The Labute approximate surface area is 150 Å². The second-order valence-electron chi connectivity index (χ2n) is 6.68. The van der Waals surface area contributed by atoms with Crippen molar-refractivity contribution in [3.63, 3.8) is 0 Å². The molecular formula is C18H20FN5O2. The lowest BCUT2D eigenvalue weighted by molar-refractivity contribution is -0.0872. The van der Waals surface area contributed by atoms with Gasteiger partial charge in [0, 0.05) is 37.6 Å². The maximum atomic E-state index is 13.1. The van der Waals surface area contributed by atoms with Gasteiger partial charge < -0.3 is 14.5 Å². The normalized spacial score (nSPS) is 19.6. The van der Waals surface area contributed by atoms with Crippen molar-refractivity contribution in [1.29, 1.82) is 0 Å². The summed E-state index contributed by atoms with van der Waals surface area (Å²) >= 11 is 0. The van der Waals surface area contributed by atoms with Crippen LogP contribution in [0, 0.1) is 5.82 Å². The fourth-order valence-electron chi connectivity index (χ4n) is 3.58. The quantitative estimate of drug-likeness (QED) is 0.812. The summed E-state index contributed by atoms with van der Waals surface area (Å²) in [4.78, 5) is 28.6. The Bertz CT molecular complexity index is 763. The number of pyridine rings is 1. The van der Waals surface area contributed by atoms with Crippen LogP contribution < -0.4 is 4.90 Å². The van der Waals surface area contributed by atoms with Gasteiger partial charge >= 0.3 is 0 Å². The molecule has 2 aromatic rings. The van der Waals surface area contributed by atoms with Crippen molar-refractivity contribution in [2.75, 3.05) is 37.7 Å². The van der Waals surface area contributed by atoms with E-state index >= 15 is 0 Å². The zero-order valence-corrected chi connectivity index (χ0v) is 14.3. The highest BCUT2D eigenvalue weighted by atomic mass is 19.1. The van der Waals surface area contributed by atoms with Gasteiger partial charge in [0.05, 0.1) is 31.1 Å². The number of nitrogens with zero attached hydrogens (tertiary/aromatic N) is 5. The first-order valence-corrected chi connectivity index (χ1v) is 8.71. The number of rotatable bonds is 2. The van der Waals surface area contributed by atoms with Gasteiger partial charge in [-0.2, -0.15) is 0 Å². The Balaban J connectivity index is 1.41. The molecule has 4 rings (SSSR count). The fourth-order valence-corrected chi connectivity index (χ4v) is 3.58. The van der Waals surface area contributed by atoms with Gasteiger partial charge in [0.1, 0.15) is 0 Å². The third kappa shape index (κ3) is 3.37. The summed E-state index contributed by atoms with van der Waals surface area (Å²) in [7, 11) is 0. The molecule has 2 aliphatic rings. The molecule has 0 bridgehead atoms. The average Bonchev–Trinajstić information content (AvgIpc) is 2.69. The van der Waals surface area contributed by atoms with Crippen molar-refractivity contribution in [2.45, 2.75) is 18.4 Å². The van der Waals surface area contributed by atoms with Gasteiger partial charge in [0.2, 0.25) is 5.95 Å². The molecule has 8 heteroatoms. The van der Waals surface area contributed by atoms with E-state index < -0.39 is 5.82 Å². The number of morpholine rings is 1. The van der Waals surface area contributed by atoms with Gasteiger partial charge in [-0.05, 0) is 25.0 Å². The van der Waals surface area contributed by atoms with Crippen LogP contribution >= 0.6 is 0 Å². The lowest BCUT2D eigenvalue weighted by Crippen LogP contribution is -2.58. The van der Waals surface area contributed by atoms with Crippen LogP contribution in [0.15, 0.2) is 36.9 Å². The highest BCUT2D eigenvalue weighted by Crippen LogP contribution is 2.31. The highest BCUT2D eigenvalue weighted by molar-refractivity contribution is 5.94. The summed E-state index contributed by atoms with van der Waals surface area (Å²) in [6.45, 7) is 3.17. The standard InChI is InChI=1S/C18H20FN5O2/c19-15-11-21-17(22-12-15)24-9-10-26-18(13-24)3-7-23(8-4-18)16(25)14-1-5-20-6-2-14/h1-2,5-6,11-12H,3-4,7-10,13H2. The number of carbonyl (C=O) groups is 1. The molecule has 136 valence electrons. The molecule has 2 fully saturated rings. The fraction of sp³-hybridized carbons (Fsp3) is 0.444. The number of carbonyl (C=O) groups excluding carboxylic acids is 1. The summed E-state index contributed by atoms with van der Waals surface area (Å²) in [6.07, 6.45) is 7.12. The van der Waals surface area contributed by atoms with Crippen LogP contribution in [0.2, 0.25) is 0 Å². The maximum absolute atomic E-state index is 13.1. The van der Waals surface area contributed by atoms with Crippen LogP contribution in [0.5, 0.6) is 0 Å². The Morgan fingerprint density at radius 2 is 1.81 bits per heavy atom. The Morgan fingerprint density at radius 3 is 2.50 bits per heavy atom. The second-order valence-corrected chi connectivity index (χ2v) is 6.68. The number of hydrogen-bond acceptors (Lipinski definition) is 6. The summed E-state index contributed by atoms with van der Waals surface area (Å²) < 4.78 is 19.1. The van der Waals surface area contributed by atoms with E-state index in [0.717, 1.165) is 12.8 Å². The number of aromatic nitrogens is 3. The smallest absolute Gasteiger partial charge is 0.253 e. The largest absolute Gasteiger partial charge is 0.371 e. The van der Waals surface area contributed by atoms with Crippen LogP contribution in [0.25, 0.3) is 0 Å². The zero-order valence-electron chi connectivity index (χ0n) is 14.3. The number of amides is 1. The van der Waals surface area contributed by atoms with Crippen molar-refractivity contribution in [1.82, 2.24) is 19.9 Å². The number of anilines is 1. The lowest BCUT2D eigenvalue weighted by atomic mass is 9.89. The first kappa shape index (κ1) is 16.8. The molecule has 0 N–H and O–H groups in total. The molecule has 0 atom stereocenters. The van der Waals surface area contributed by atoms with Gasteiger partial charge in [-0.1, -0.05) is 0 Å². The minimum Gasteiger partial charge on any atom is -0.371 e. The molecule has 1 amide bonds. The van der Waals surface area contributed by atoms with Crippen LogP contribution in [-0.2, 0) is 4.74 Å². The first-order chi connectivity index (χ1) is 12.7. The van der Waals surface area contributed by atoms with Crippen LogP contribution in [-0.4, -0.2) is 64.1 Å². The molecule has 2 aromatic heterocycles. The van der Waals surface area contributed by atoms with Crippen molar-refractivity contribution in [3.05, 3.63) is 48.3 Å². The van der Waals surface area contributed by atoms with Crippen molar-refractivity contribution >= 4 is 11.9 Å². The molecular weight excluding hydrogens is 337 g/mol. The van der Waals surface area contributed by atoms with E-state index in [2.05, 4.69) is 15.0 Å². The number of ether oxygens (including phenoxy) is 1. The Kier molecular flexibility index (Phi) is 4.50. The summed E-state index contributed by atoms with van der Waals surface area (Å²) in [5, 5.41) is 0. The molecule has 4 heterocycles. The number of likely N-dealkylation sites (tertiary alicyclic amines) is 1. The van der Waals surface area contributed by atoms with Crippen molar-refractivity contribution in [2.24, 2.45) is 0 Å². The van der Waals surface area contributed by atoms with Gasteiger partial charge in [-0.3, -0.25) is 9.78 Å². The van der Waals surface area contributed by atoms with Crippen LogP contribution in [0.3, 0.4) is 0 Å². The van der Waals surface area contributed by atoms with E-state index in [1.165, 1.54) is 12.4 Å². The number of piperidine rings is 1. The Hall–Kier alpha value is -2.61. The predicted molar refractivity (Wildman–Crippen MR) is 92.3 cm³/mol. The molecule has 0 aromatic carbocycles. The topological polar surface area (TPSA) is 71.5 Å². The third-order valence-corrected chi connectivity index (χ3v) is 5.03. The molecule has 0 saturated carbocycles. The minimum atomic E-state index is -0.445. The predicted octanol–water partition coefficient (Wildman–Crippen LogP) is 1.52. The van der Waals surface area contributed by atoms with Crippen LogP contribution in [0.4, 0.5) is 10.3 Å². The average molecular weight is 357 g/mol. The lowest BCUT2D eigenvalue weighted by Gasteiger charge is -2.47. The van der Waals surface area contributed by atoms with E-state index in [1.807, 2.05) is 9.80 Å². The first-order valence-electron chi connectivity index (χ1n) is 8.71. The Morgan fingerprint density at radius 1 is 1.12 bits per heavy atom. The van der Waals surface area contributed by atoms with E-state index in [4.69, 9.17) is 4.74 Å². The second kappa shape index (κ2) is 6.95. The summed E-state index contributed by atoms with van der Waals surface area (Å²) in [6, 6.07) is 3.47. The number of hydrogen-bond donors (Lipinski definition) is 0. The molecule has 26 heavy (non-hydrogen) atoms. The van der Waals surface area contributed by atoms with Crippen LogP contribution in [0.1, 0.15) is 23.2 Å². The van der Waals surface area contributed by atoms with Gasteiger partial charge in [0.25, 0.3) is 5.91 Å². The molecule has 7 nitrogen and oxygen atoms in total. The molecule has 2 aliphatic heterocycles. The SMILES string of the molecule is O=C(c1ccncc1)N1CCC2(CC1)CN(c1ncc(F)cn1)CCO2. The molecule has 0 radical (unpaired) electrons. The third-order valence-electron chi connectivity index (χ3n) is 5.03. The monoisotopic (exact) mass is 357 g/mol. The van der Waals surface area contributed by atoms with Crippen molar-refractivity contribution < 1.29 is 13.9 Å². The van der Waals surface area contributed by atoms with Crippen molar-refractivity contribution in [3.8, 4) is 0 Å². The van der Waals surface area contributed by atoms with E-state index in [1.54, 1.807) is 24.5 Å². The van der Waals surface area contributed by atoms with Gasteiger partial charge in [-0.25, -0.2) is 14.4 Å². The zero-order chi connectivity index (χ0) is 18.0. The number of halogens is 1. The van der Waals surface area contributed by atoms with Gasteiger partial charge in [0.15, 0.2) is 5.82 Å². The van der Waals surface area contributed by atoms with E-state index in [-0.39, 0.29) is 11.5 Å². The maximum Gasteiger partial charge on any atom is 0.253 e. The molecule has 2 saturated heterocycles. The van der Waals surface area contributed by atoms with E-state index in [9.17, 15) is 9.18 Å². The summed E-state index contributed by atoms with van der Waals surface area (Å²) in [5.41, 5.74) is 0.340. The molecule has 0 aliphatic carbocycles. The summed E-state index contributed by atoms with van der Waals surface area (Å²) in [5.74, 6) is 0.0980. The highest BCUT2D eigenvalue weighted by Gasteiger charge is 2.41. The molecule has 0 unspecified atom stereocenters. The van der Waals surface area contributed by atoms with Gasteiger partial charge in [-0.15, -0.1) is 0 Å². The minimum absolute atomic E-state index is 0.0248.